The SMILES string of the molecule is c1ccc(-c2c(-c3ccccc3)c3cc(-c4ccc(N(c5cccc6ccccc56)c5cccc6c7ccccc7n(-c7ccccc7)c56)cc4)ccc3c3ccccc23)cc1. The van der Waals surface area contributed by atoms with Crippen LogP contribution < -0.4 is 4.90 Å². The van der Waals surface area contributed by atoms with Crippen molar-refractivity contribution in [2.24, 2.45) is 0 Å². The lowest BCUT2D eigenvalue weighted by molar-refractivity contribution is 1.17. The molecule has 2 nitrogen and oxygen atoms in total. The lowest BCUT2D eigenvalue weighted by Gasteiger charge is -2.28. The summed E-state index contributed by atoms with van der Waals surface area (Å²) >= 11 is 0. The van der Waals surface area contributed by atoms with Crippen molar-refractivity contribution >= 4 is 71.2 Å². The van der Waals surface area contributed by atoms with E-state index in [1.165, 1.54) is 87.5 Å². The maximum atomic E-state index is 2.46. The van der Waals surface area contributed by atoms with Crippen molar-refractivity contribution < 1.29 is 0 Å². The largest absolute Gasteiger partial charge is 0.308 e. The van der Waals surface area contributed by atoms with Crippen molar-refractivity contribution in [2.45, 2.75) is 0 Å². The van der Waals surface area contributed by atoms with Gasteiger partial charge in [0.25, 0.3) is 0 Å². The van der Waals surface area contributed by atoms with Crippen molar-refractivity contribution in [3.05, 3.63) is 243 Å². The van der Waals surface area contributed by atoms with Crippen molar-refractivity contribution in [2.75, 3.05) is 4.90 Å². The molecule has 290 valence electrons. The maximum absolute atomic E-state index is 2.46. The first-order valence-electron chi connectivity index (χ1n) is 21.4. The minimum absolute atomic E-state index is 1.09. The Hall–Kier alpha value is -8.20. The van der Waals surface area contributed by atoms with Gasteiger partial charge in [-0.2, -0.15) is 0 Å². The predicted octanol–water partition coefficient (Wildman–Crippen LogP) is 16.7. The Morgan fingerprint density at radius 2 is 0.806 bits per heavy atom. The molecule has 0 N–H and O–H groups in total. The molecule has 0 amide bonds. The van der Waals surface area contributed by atoms with Crippen LogP contribution in [0.5, 0.6) is 0 Å². The van der Waals surface area contributed by atoms with E-state index in [0.717, 1.165) is 22.7 Å². The van der Waals surface area contributed by atoms with E-state index in [1.54, 1.807) is 0 Å². The van der Waals surface area contributed by atoms with Gasteiger partial charge in [-0.25, -0.2) is 0 Å². The third-order valence-electron chi connectivity index (χ3n) is 12.5. The zero-order chi connectivity index (χ0) is 41.0. The van der Waals surface area contributed by atoms with Gasteiger partial charge in [-0.15, -0.1) is 0 Å². The first-order chi connectivity index (χ1) is 30.8. The third kappa shape index (κ3) is 5.80. The zero-order valence-corrected chi connectivity index (χ0v) is 34.0. The molecule has 0 spiro atoms. The average molecular weight is 789 g/mol. The number of rotatable bonds is 7. The molecule has 2 heteroatoms. The molecule has 0 saturated heterocycles. The first kappa shape index (κ1) is 35.7. The Morgan fingerprint density at radius 3 is 1.55 bits per heavy atom. The van der Waals surface area contributed by atoms with Gasteiger partial charge in [0.05, 0.1) is 22.4 Å². The van der Waals surface area contributed by atoms with Crippen LogP contribution in [0.15, 0.2) is 243 Å². The van der Waals surface area contributed by atoms with E-state index in [9.17, 15) is 0 Å². The van der Waals surface area contributed by atoms with Gasteiger partial charge in [0, 0.05) is 27.5 Å². The lowest BCUT2D eigenvalue weighted by Crippen LogP contribution is -2.12. The van der Waals surface area contributed by atoms with Gasteiger partial charge >= 0.3 is 0 Å². The third-order valence-corrected chi connectivity index (χ3v) is 12.5. The molecule has 12 rings (SSSR count). The predicted molar refractivity (Wildman–Crippen MR) is 264 cm³/mol. The molecule has 1 heterocycles. The molecular weight excluding hydrogens is 749 g/mol. The molecule has 0 aliphatic carbocycles. The van der Waals surface area contributed by atoms with Crippen LogP contribution in [-0.4, -0.2) is 4.57 Å². The van der Waals surface area contributed by atoms with E-state index in [1.807, 2.05) is 0 Å². The van der Waals surface area contributed by atoms with Gasteiger partial charge < -0.3 is 9.47 Å². The van der Waals surface area contributed by atoms with Crippen molar-refractivity contribution in [3.8, 4) is 39.1 Å². The molecule has 0 saturated carbocycles. The number of hydrogen-bond donors (Lipinski definition) is 0. The zero-order valence-electron chi connectivity index (χ0n) is 34.0. The fraction of sp³-hybridized carbons (Fsp3) is 0. The summed E-state index contributed by atoms with van der Waals surface area (Å²) in [6.45, 7) is 0. The smallest absolute Gasteiger partial charge is 0.0782 e. The number of aromatic nitrogens is 1. The summed E-state index contributed by atoms with van der Waals surface area (Å²) < 4.78 is 2.43. The van der Waals surface area contributed by atoms with Gasteiger partial charge in [0.15, 0.2) is 0 Å². The van der Waals surface area contributed by atoms with Crippen LogP contribution in [0.3, 0.4) is 0 Å². The summed E-state index contributed by atoms with van der Waals surface area (Å²) in [5.74, 6) is 0. The number of para-hydroxylation sites is 3. The number of hydrogen-bond acceptors (Lipinski definition) is 1. The maximum Gasteiger partial charge on any atom is 0.0782 e. The standard InChI is InChI=1S/C60H40N2/c1-4-19-43(20-5-1)58-52-29-13-12-27-49(52)50-39-36-45(40-54(50)59(58)44-21-6-2-7-22-44)41-34-37-47(38-35-41)61(55-32-16-23-42-18-10-11-26-48(42)55)57-33-17-30-53-51-28-14-15-31-56(51)62(60(53)57)46-24-8-3-9-25-46/h1-40H. The van der Waals surface area contributed by atoms with Crippen LogP contribution in [0.4, 0.5) is 17.1 Å². The highest BCUT2D eigenvalue weighted by Gasteiger charge is 2.23. The minimum Gasteiger partial charge on any atom is -0.308 e. The van der Waals surface area contributed by atoms with Gasteiger partial charge in [-0.3, -0.25) is 0 Å². The van der Waals surface area contributed by atoms with Crippen LogP contribution in [0, 0.1) is 0 Å². The molecule has 0 unspecified atom stereocenters. The van der Waals surface area contributed by atoms with E-state index >= 15 is 0 Å². The number of fused-ring (bicyclic) bond motifs is 7. The number of nitrogens with zero attached hydrogens (tertiary/aromatic N) is 2. The van der Waals surface area contributed by atoms with Crippen LogP contribution >= 0.6 is 0 Å². The molecule has 0 atom stereocenters. The highest BCUT2D eigenvalue weighted by molar-refractivity contribution is 6.22. The summed E-state index contributed by atoms with van der Waals surface area (Å²) in [7, 11) is 0. The Kier molecular flexibility index (Phi) is 8.53. The Morgan fingerprint density at radius 1 is 0.290 bits per heavy atom. The second-order valence-electron chi connectivity index (χ2n) is 16.0. The van der Waals surface area contributed by atoms with E-state index in [-0.39, 0.29) is 0 Å². The molecule has 12 aromatic rings. The van der Waals surface area contributed by atoms with E-state index in [0.29, 0.717) is 0 Å². The monoisotopic (exact) mass is 788 g/mol. The summed E-state index contributed by atoms with van der Waals surface area (Å²) in [6, 6.07) is 88.5. The first-order valence-corrected chi connectivity index (χ1v) is 21.4. The van der Waals surface area contributed by atoms with Gasteiger partial charge in [-0.05, 0) is 109 Å². The topological polar surface area (TPSA) is 8.17 Å². The second-order valence-corrected chi connectivity index (χ2v) is 16.0. The molecule has 0 radical (unpaired) electrons. The molecule has 0 bridgehead atoms. The van der Waals surface area contributed by atoms with E-state index < -0.39 is 0 Å². The second kappa shape index (κ2) is 14.8. The van der Waals surface area contributed by atoms with Gasteiger partial charge in [0.2, 0.25) is 0 Å². The van der Waals surface area contributed by atoms with Crippen molar-refractivity contribution in [3.63, 3.8) is 0 Å². The van der Waals surface area contributed by atoms with E-state index in [4.69, 9.17) is 0 Å². The highest BCUT2D eigenvalue weighted by Crippen LogP contribution is 2.48. The van der Waals surface area contributed by atoms with Crippen LogP contribution in [0.2, 0.25) is 0 Å². The summed E-state index contributed by atoms with van der Waals surface area (Å²) in [5.41, 5.74) is 14.1. The molecule has 0 aliphatic heterocycles. The van der Waals surface area contributed by atoms with Gasteiger partial charge in [-0.1, -0.05) is 194 Å². The quantitative estimate of drug-likeness (QED) is 0.146. The van der Waals surface area contributed by atoms with Crippen LogP contribution in [0.25, 0.3) is 93.2 Å². The van der Waals surface area contributed by atoms with E-state index in [2.05, 4.69) is 252 Å². The number of benzene rings is 11. The molecule has 62 heavy (non-hydrogen) atoms. The fourth-order valence-corrected chi connectivity index (χ4v) is 9.82. The Labute approximate surface area is 360 Å². The average Bonchev–Trinajstić information content (AvgIpc) is 3.70. The van der Waals surface area contributed by atoms with Gasteiger partial charge in [0.1, 0.15) is 0 Å². The van der Waals surface area contributed by atoms with Crippen molar-refractivity contribution in [1.82, 2.24) is 4.57 Å². The molecule has 0 aliphatic rings. The Balaban J connectivity index is 1.08. The van der Waals surface area contributed by atoms with Crippen molar-refractivity contribution in [1.29, 1.82) is 0 Å². The summed E-state index contributed by atoms with van der Waals surface area (Å²) in [4.78, 5) is 2.46. The molecule has 0 fully saturated rings. The normalized spacial score (nSPS) is 11.5. The fourth-order valence-electron chi connectivity index (χ4n) is 9.82. The van der Waals surface area contributed by atoms with Crippen LogP contribution in [0.1, 0.15) is 0 Å². The lowest BCUT2D eigenvalue weighted by atomic mass is 9.84. The highest BCUT2D eigenvalue weighted by atomic mass is 15.2. The summed E-state index contributed by atoms with van der Waals surface area (Å²) in [5, 5.41) is 9.87. The molecular formula is C60H40N2. The number of anilines is 3. The van der Waals surface area contributed by atoms with Crippen LogP contribution in [-0.2, 0) is 0 Å². The summed E-state index contributed by atoms with van der Waals surface area (Å²) in [6.07, 6.45) is 0. The minimum atomic E-state index is 1.09. The molecule has 1 aromatic heterocycles. The molecule has 11 aromatic carbocycles. The Bertz CT molecular complexity index is 3600.